The van der Waals surface area contributed by atoms with Gasteiger partial charge in [-0.25, -0.2) is 9.59 Å². The first-order valence-electron chi connectivity index (χ1n) is 33.7. The number of nitrogens with one attached hydrogen (secondary N) is 2. The Kier molecular flexibility index (Phi) is 51.7. The summed E-state index contributed by atoms with van der Waals surface area (Å²) in [5.41, 5.74) is 1.92. The Morgan fingerprint density at radius 3 is 1.35 bits per heavy atom. The van der Waals surface area contributed by atoms with E-state index in [-0.39, 0.29) is 62.7 Å². The number of esters is 3. The number of aryl methyl sites for hydroxylation is 1. The second kappa shape index (κ2) is 56.1. The largest absolute Gasteiger partial charge is 0.462 e. The molecule has 14 nitrogen and oxygen atoms in total. The molecule has 482 valence electrons. The molecule has 0 aliphatic heterocycles. The van der Waals surface area contributed by atoms with E-state index in [4.69, 9.17) is 23.7 Å². The first-order chi connectivity index (χ1) is 40.9. The summed E-state index contributed by atoms with van der Waals surface area (Å²) < 4.78 is 28.0. The summed E-state index contributed by atoms with van der Waals surface area (Å²) in [6, 6.07) is 5.31. The molecule has 0 saturated heterocycles. The Morgan fingerprint density at radius 1 is 0.429 bits per heavy atom. The highest BCUT2D eigenvalue weighted by Gasteiger charge is 2.20. The molecular weight excluding hydrogens is 1060 g/mol. The van der Waals surface area contributed by atoms with Crippen LogP contribution >= 0.6 is 0 Å². The molecule has 4 atom stereocenters. The molecule has 4 N–H and O–H groups in total. The number of aliphatic hydroxyl groups excluding tert-OH is 2. The first kappa shape index (κ1) is 77.3. The van der Waals surface area contributed by atoms with Crippen LogP contribution in [0.15, 0.2) is 54.7 Å². The van der Waals surface area contributed by atoms with E-state index in [9.17, 15) is 34.2 Å². The Bertz CT molecular complexity index is 1890. The summed E-state index contributed by atoms with van der Waals surface area (Å²) in [5.74, 6) is -1.12. The van der Waals surface area contributed by atoms with Crippen LogP contribution in [-0.4, -0.2) is 84.5 Å². The Morgan fingerprint density at radius 2 is 0.857 bits per heavy atom. The van der Waals surface area contributed by atoms with E-state index < -0.39 is 24.3 Å². The third-order valence-electron chi connectivity index (χ3n) is 15.0. The molecule has 84 heavy (non-hydrogen) atoms. The molecular formula is C70H120N2O12. The van der Waals surface area contributed by atoms with Gasteiger partial charge in [0.25, 0.3) is 0 Å². The first-order valence-corrected chi connectivity index (χ1v) is 33.7. The van der Waals surface area contributed by atoms with Gasteiger partial charge in [0.2, 0.25) is 0 Å². The predicted molar refractivity (Wildman–Crippen MR) is 343 cm³/mol. The van der Waals surface area contributed by atoms with Crippen LogP contribution in [0.4, 0.5) is 21.0 Å². The summed E-state index contributed by atoms with van der Waals surface area (Å²) in [5, 5.41) is 25.9. The number of benzene rings is 1. The second-order valence-electron chi connectivity index (χ2n) is 23.2. The Balaban J connectivity index is 2.53. The van der Waals surface area contributed by atoms with Crippen molar-refractivity contribution >= 4 is 41.5 Å². The molecule has 1 aromatic rings. The maximum atomic E-state index is 13.0. The van der Waals surface area contributed by atoms with E-state index in [1.165, 1.54) is 38.5 Å². The number of amides is 2. The maximum Gasteiger partial charge on any atom is 0.411 e. The normalized spacial score (nSPS) is 13.0. The highest BCUT2D eigenvalue weighted by atomic mass is 16.6. The molecule has 14 heteroatoms. The highest BCUT2D eigenvalue weighted by Crippen LogP contribution is 2.23. The third kappa shape index (κ3) is 48.5. The molecule has 0 bridgehead atoms. The smallest absolute Gasteiger partial charge is 0.411 e. The van der Waals surface area contributed by atoms with Crippen LogP contribution < -0.4 is 10.6 Å². The SMILES string of the molecule is CCCCCCC(O)C/C=C\CCCCCCCC(=O)OCC(COC(=O)CCCCCCC/C=C\CC(CCCCCC)OC(=O)Nc1ccc(C)c(NC(=O)OCCCC)c1)OC(=O)CCCCCCC/C=C\CC(O)CCCCCC. The minimum absolute atomic E-state index is 0.161. The lowest BCUT2D eigenvalue weighted by atomic mass is 10.1. The summed E-state index contributed by atoms with van der Waals surface area (Å²) in [7, 11) is 0. The molecule has 0 heterocycles. The number of allylic oxidation sites excluding steroid dienone is 3. The lowest BCUT2D eigenvalue weighted by Gasteiger charge is -2.18. The van der Waals surface area contributed by atoms with Crippen molar-refractivity contribution in [3.8, 4) is 0 Å². The van der Waals surface area contributed by atoms with Crippen molar-refractivity contribution in [2.75, 3.05) is 30.5 Å². The monoisotopic (exact) mass is 1180 g/mol. The van der Waals surface area contributed by atoms with E-state index in [0.29, 0.717) is 50.1 Å². The van der Waals surface area contributed by atoms with Crippen LogP contribution in [0.3, 0.4) is 0 Å². The number of hydrogen-bond acceptors (Lipinski definition) is 12. The average molecular weight is 1180 g/mol. The fourth-order valence-corrected chi connectivity index (χ4v) is 9.63. The molecule has 0 radical (unpaired) electrons. The van der Waals surface area contributed by atoms with Crippen molar-refractivity contribution < 1.29 is 57.9 Å². The number of carbonyl (C=O) groups is 5. The molecule has 0 spiro atoms. The number of aliphatic hydroxyl groups is 2. The molecule has 0 aromatic heterocycles. The zero-order valence-electron chi connectivity index (χ0n) is 53.6. The Hall–Kier alpha value is -4.69. The van der Waals surface area contributed by atoms with Crippen molar-refractivity contribution in [3.05, 3.63) is 60.2 Å². The van der Waals surface area contributed by atoms with Gasteiger partial charge in [-0.3, -0.25) is 25.0 Å². The zero-order chi connectivity index (χ0) is 61.4. The number of ether oxygens (including phenoxy) is 5. The standard InChI is InChI=1S/C70H120N2O12/c1-6-10-14-35-44-61(73)46-37-29-23-17-20-26-32-41-50-66(75)81-57-64(83-68(77)52-43-34-28-21-18-24-30-38-47-62(74)45-36-15-11-7-2)58-82-67(76)51-42-33-27-22-19-25-31-40-49-63(48-39-16-12-8-3)84-70(79)71-60-54-53-59(5)65(56-60)72-69(78)80-55-13-9-4/h29-31,37-38,40,53-54,56,61-64,73-74H,6-28,32-36,39,41-52,55,57-58H2,1-5H3,(H,71,79)(H,72,78)/b37-29-,38-30-,40-31-. The number of carbonyl (C=O) groups excluding carboxylic acids is 5. The molecule has 0 aliphatic rings. The predicted octanol–water partition coefficient (Wildman–Crippen LogP) is 18.9. The minimum Gasteiger partial charge on any atom is -0.462 e. The van der Waals surface area contributed by atoms with E-state index in [1.807, 2.05) is 19.9 Å². The summed E-state index contributed by atoms with van der Waals surface area (Å²) in [6.07, 6.45) is 47.8. The molecule has 4 unspecified atom stereocenters. The van der Waals surface area contributed by atoms with Gasteiger partial charge in [-0.15, -0.1) is 0 Å². The number of hydrogen-bond donors (Lipinski definition) is 4. The lowest BCUT2D eigenvalue weighted by Crippen LogP contribution is -2.30. The van der Waals surface area contributed by atoms with Crippen LogP contribution in [0.1, 0.15) is 297 Å². The topological polar surface area (TPSA) is 196 Å². The van der Waals surface area contributed by atoms with Crippen LogP contribution in [-0.2, 0) is 38.1 Å². The highest BCUT2D eigenvalue weighted by molar-refractivity contribution is 5.89. The van der Waals surface area contributed by atoms with Gasteiger partial charge in [0.15, 0.2) is 6.10 Å². The van der Waals surface area contributed by atoms with Gasteiger partial charge in [0, 0.05) is 37.1 Å². The quantitative estimate of drug-likeness (QED) is 0.0209. The number of unbranched alkanes of at least 4 members (excludes halogenated alkanes) is 25. The molecule has 1 rings (SSSR count). The van der Waals surface area contributed by atoms with Gasteiger partial charge in [-0.1, -0.05) is 205 Å². The summed E-state index contributed by atoms with van der Waals surface area (Å²) in [6.45, 7) is 10.5. The minimum atomic E-state index is -0.875. The van der Waals surface area contributed by atoms with Gasteiger partial charge >= 0.3 is 30.1 Å². The second-order valence-corrected chi connectivity index (χ2v) is 23.2. The fraction of sp³-hybridized carbons (Fsp3) is 0.757. The van der Waals surface area contributed by atoms with Crippen LogP contribution in [0.2, 0.25) is 0 Å². The lowest BCUT2D eigenvalue weighted by molar-refractivity contribution is -0.167. The van der Waals surface area contributed by atoms with Gasteiger partial charge in [-0.2, -0.15) is 0 Å². The van der Waals surface area contributed by atoms with Crippen molar-refractivity contribution in [3.63, 3.8) is 0 Å². The molecule has 0 fully saturated rings. The van der Waals surface area contributed by atoms with Crippen LogP contribution in [0, 0.1) is 6.92 Å². The van der Waals surface area contributed by atoms with E-state index in [0.717, 1.165) is 179 Å². The van der Waals surface area contributed by atoms with Crippen LogP contribution in [0.5, 0.6) is 0 Å². The van der Waals surface area contributed by atoms with Crippen molar-refractivity contribution in [2.24, 2.45) is 0 Å². The maximum absolute atomic E-state index is 13.0. The van der Waals surface area contributed by atoms with Gasteiger partial charge in [-0.05, 0) is 127 Å². The molecule has 1 aromatic carbocycles. The number of anilines is 2. The molecule has 0 saturated carbocycles. The third-order valence-corrected chi connectivity index (χ3v) is 15.0. The van der Waals surface area contributed by atoms with Crippen LogP contribution in [0.25, 0.3) is 0 Å². The summed E-state index contributed by atoms with van der Waals surface area (Å²) >= 11 is 0. The van der Waals surface area contributed by atoms with E-state index >= 15 is 0 Å². The van der Waals surface area contributed by atoms with Gasteiger partial charge in [0.05, 0.1) is 18.8 Å². The van der Waals surface area contributed by atoms with E-state index in [2.05, 4.69) is 67.9 Å². The zero-order valence-corrected chi connectivity index (χ0v) is 53.6. The van der Waals surface area contributed by atoms with Crippen molar-refractivity contribution in [2.45, 2.75) is 322 Å². The summed E-state index contributed by atoms with van der Waals surface area (Å²) in [4.78, 5) is 63.9. The van der Waals surface area contributed by atoms with E-state index in [1.54, 1.807) is 12.1 Å². The number of rotatable bonds is 56. The van der Waals surface area contributed by atoms with Gasteiger partial charge in [0.1, 0.15) is 19.3 Å². The molecule has 2 amide bonds. The molecule has 0 aliphatic carbocycles. The van der Waals surface area contributed by atoms with Gasteiger partial charge < -0.3 is 33.9 Å². The average Bonchev–Trinajstić information content (AvgIpc) is 3.67. The van der Waals surface area contributed by atoms with Crippen molar-refractivity contribution in [1.82, 2.24) is 0 Å². The Labute approximate surface area is 510 Å². The van der Waals surface area contributed by atoms with Crippen molar-refractivity contribution in [1.29, 1.82) is 0 Å². The fourth-order valence-electron chi connectivity index (χ4n) is 9.63.